The van der Waals surface area contributed by atoms with E-state index in [4.69, 9.17) is 0 Å². The molecule has 2 saturated carbocycles. The van der Waals surface area contributed by atoms with Gasteiger partial charge in [-0.3, -0.25) is 4.79 Å². The van der Waals surface area contributed by atoms with Gasteiger partial charge in [0.2, 0.25) is 10.0 Å². The van der Waals surface area contributed by atoms with Crippen LogP contribution in [0.1, 0.15) is 60.3 Å². The van der Waals surface area contributed by atoms with Crippen molar-refractivity contribution < 1.29 is 13.2 Å². The zero-order chi connectivity index (χ0) is 16.1. The summed E-state index contributed by atoms with van der Waals surface area (Å²) in [6.07, 6.45) is 3.06. The third-order valence-corrected chi connectivity index (χ3v) is 7.29. The minimum Gasteiger partial charge on any atom is -0.299 e. The van der Waals surface area contributed by atoms with Gasteiger partial charge >= 0.3 is 0 Å². The molecule has 0 spiro atoms. The summed E-state index contributed by atoms with van der Waals surface area (Å²) in [5, 5.41) is 0. The summed E-state index contributed by atoms with van der Waals surface area (Å²) < 4.78 is 27.5. The van der Waals surface area contributed by atoms with E-state index in [1.807, 2.05) is 0 Å². The monoisotopic (exact) mass is 315 g/mol. The SMILES string of the molecule is CC(C)(C)CCNS(=O)(=O)CC12CCC(CC1=O)C2(C)C. The molecule has 0 radical (unpaired) electrons. The lowest BCUT2D eigenvalue weighted by molar-refractivity contribution is -0.128. The Morgan fingerprint density at radius 3 is 2.33 bits per heavy atom. The molecule has 2 bridgehead atoms. The minimum atomic E-state index is -3.41. The zero-order valence-corrected chi connectivity index (χ0v) is 14.8. The van der Waals surface area contributed by atoms with Crippen LogP contribution in [0.15, 0.2) is 0 Å². The summed E-state index contributed by atoms with van der Waals surface area (Å²) in [4.78, 5) is 12.4. The first kappa shape index (κ1) is 16.9. The number of sulfonamides is 1. The Morgan fingerprint density at radius 2 is 1.90 bits per heavy atom. The number of fused-ring (bicyclic) bond motifs is 2. The number of ketones is 1. The Bertz CT molecular complexity index is 530. The zero-order valence-electron chi connectivity index (χ0n) is 14.0. The van der Waals surface area contributed by atoms with Gasteiger partial charge in [-0.2, -0.15) is 0 Å². The first-order valence-electron chi connectivity index (χ1n) is 7.90. The van der Waals surface area contributed by atoms with Crippen molar-refractivity contribution >= 4 is 15.8 Å². The van der Waals surface area contributed by atoms with Crippen LogP contribution in [0.2, 0.25) is 0 Å². The summed E-state index contributed by atoms with van der Waals surface area (Å²) in [5.74, 6) is 0.478. The Labute approximate surface area is 129 Å². The molecule has 0 saturated heterocycles. The van der Waals surface area contributed by atoms with E-state index < -0.39 is 15.4 Å². The molecule has 0 aromatic carbocycles. The van der Waals surface area contributed by atoms with Crippen molar-refractivity contribution in [1.29, 1.82) is 0 Å². The number of hydrogen-bond donors (Lipinski definition) is 1. The normalized spacial score (nSPS) is 31.9. The van der Waals surface area contributed by atoms with Gasteiger partial charge in [0.1, 0.15) is 5.78 Å². The molecule has 2 fully saturated rings. The standard InChI is InChI=1S/C16H29NO3S/c1-14(2,3)8-9-17-21(19,20)11-16-7-6-12(10-13(16)18)15(16,4)5/h12,17H,6-11H2,1-5H3. The molecule has 122 valence electrons. The summed E-state index contributed by atoms with van der Waals surface area (Å²) >= 11 is 0. The molecule has 2 aliphatic carbocycles. The van der Waals surface area contributed by atoms with Gasteiger partial charge in [-0.25, -0.2) is 13.1 Å². The second-order valence-corrected chi connectivity index (χ2v) is 10.4. The van der Waals surface area contributed by atoms with Crippen molar-refractivity contribution in [2.45, 2.75) is 60.3 Å². The highest BCUT2D eigenvalue weighted by molar-refractivity contribution is 7.89. The fourth-order valence-corrected chi connectivity index (χ4v) is 5.91. The van der Waals surface area contributed by atoms with Gasteiger partial charge in [-0.05, 0) is 36.0 Å². The van der Waals surface area contributed by atoms with Gasteiger partial charge in [-0.1, -0.05) is 34.6 Å². The molecule has 0 aromatic heterocycles. The van der Waals surface area contributed by atoms with Gasteiger partial charge in [0.05, 0.1) is 5.75 Å². The topological polar surface area (TPSA) is 63.2 Å². The van der Waals surface area contributed by atoms with Crippen LogP contribution in [-0.2, 0) is 14.8 Å². The largest absolute Gasteiger partial charge is 0.299 e. The predicted octanol–water partition coefficient (Wildman–Crippen LogP) is 2.74. The third kappa shape index (κ3) is 3.04. The maximum absolute atomic E-state index is 12.4. The van der Waals surface area contributed by atoms with Gasteiger partial charge < -0.3 is 0 Å². The first-order chi connectivity index (χ1) is 9.40. The average molecular weight is 315 g/mol. The second-order valence-electron chi connectivity index (χ2n) is 8.63. The quantitative estimate of drug-likeness (QED) is 0.848. The predicted molar refractivity (Wildman–Crippen MR) is 84.4 cm³/mol. The van der Waals surface area contributed by atoms with E-state index in [9.17, 15) is 13.2 Å². The molecule has 21 heavy (non-hydrogen) atoms. The van der Waals surface area contributed by atoms with Crippen molar-refractivity contribution in [3.05, 3.63) is 0 Å². The maximum Gasteiger partial charge on any atom is 0.212 e. The molecule has 0 aliphatic heterocycles. The van der Waals surface area contributed by atoms with E-state index in [0.29, 0.717) is 18.9 Å². The molecule has 4 nitrogen and oxygen atoms in total. The Hall–Kier alpha value is -0.420. The van der Waals surface area contributed by atoms with Gasteiger partial charge in [0.25, 0.3) is 0 Å². The van der Waals surface area contributed by atoms with Crippen LogP contribution >= 0.6 is 0 Å². The second kappa shape index (κ2) is 5.05. The Morgan fingerprint density at radius 1 is 1.29 bits per heavy atom. The maximum atomic E-state index is 12.4. The summed E-state index contributed by atoms with van der Waals surface area (Å²) in [6.45, 7) is 10.8. The molecular weight excluding hydrogens is 286 g/mol. The molecule has 2 aliphatic rings. The van der Waals surface area contributed by atoms with Gasteiger partial charge in [0.15, 0.2) is 0 Å². The van der Waals surface area contributed by atoms with E-state index in [1.165, 1.54) is 0 Å². The molecule has 2 atom stereocenters. The number of hydrogen-bond acceptors (Lipinski definition) is 3. The summed E-state index contributed by atoms with van der Waals surface area (Å²) in [6, 6.07) is 0. The molecule has 2 rings (SSSR count). The Kier molecular flexibility index (Phi) is 4.08. The van der Waals surface area contributed by atoms with E-state index in [0.717, 1.165) is 19.3 Å². The molecular formula is C16H29NO3S. The van der Waals surface area contributed by atoms with Crippen molar-refractivity contribution in [3.63, 3.8) is 0 Å². The minimum absolute atomic E-state index is 0.0352. The number of carbonyl (C=O) groups excluding carboxylic acids is 1. The highest BCUT2D eigenvalue weighted by atomic mass is 32.2. The molecule has 0 heterocycles. The first-order valence-corrected chi connectivity index (χ1v) is 9.56. The smallest absolute Gasteiger partial charge is 0.212 e. The summed E-state index contributed by atoms with van der Waals surface area (Å²) in [5.41, 5.74) is -0.754. The van der Waals surface area contributed by atoms with Gasteiger partial charge in [0, 0.05) is 18.4 Å². The molecule has 0 aromatic rings. The van der Waals surface area contributed by atoms with E-state index in [2.05, 4.69) is 39.3 Å². The molecule has 1 N–H and O–H groups in total. The van der Waals surface area contributed by atoms with E-state index in [1.54, 1.807) is 0 Å². The van der Waals surface area contributed by atoms with Crippen LogP contribution in [0, 0.1) is 22.2 Å². The fraction of sp³-hybridized carbons (Fsp3) is 0.938. The van der Waals surface area contributed by atoms with Crippen LogP contribution in [0.4, 0.5) is 0 Å². The lowest BCUT2D eigenvalue weighted by atomic mass is 9.70. The van der Waals surface area contributed by atoms with Crippen LogP contribution in [0.5, 0.6) is 0 Å². The van der Waals surface area contributed by atoms with Crippen molar-refractivity contribution in [3.8, 4) is 0 Å². The van der Waals surface area contributed by atoms with Crippen LogP contribution in [0.25, 0.3) is 0 Å². The number of Topliss-reactive ketones (excluding diaryl/α,β-unsaturated/α-hetero) is 1. The van der Waals surface area contributed by atoms with Crippen LogP contribution < -0.4 is 4.72 Å². The van der Waals surface area contributed by atoms with Gasteiger partial charge in [-0.15, -0.1) is 0 Å². The highest BCUT2D eigenvalue weighted by Gasteiger charge is 2.65. The number of nitrogens with one attached hydrogen (secondary N) is 1. The number of carbonyl (C=O) groups is 1. The van der Waals surface area contributed by atoms with E-state index in [-0.39, 0.29) is 22.4 Å². The summed E-state index contributed by atoms with van der Waals surface area (Å²) in [7, 11) is -3.41. The lowest BCUT2D eigenvalue weighted by Gasteiger charge is -2.36. The Balaban J connectivity index is 2.08. The highest BCUT2D eigenvalue weighted by Crippen LogP contribution is 2.64. The number of rotatable bonds is 5. The molecule has 5 heteroatoms. The lowest BCUT2D eigenvalue weighted by Crippen LogP contribution is -2.45. The van der Waals surface area contributed by atoms with E-state index >= 15 is 0 Å². The molecule has 2 unspecified atom stereocenters. The van der Waals surface area contributed by atoms with Crippen LogP contribution in [0.3, 0.4) is 0 Å². The van der Waals surface area contributed by atoms with Crippen molar-refractivity contribution in [2.24, 2.45) is 22.2 Å². The van der Waals surface area contributed by atoms with Crippen molar-refractivity contribution in [1.82, 2.24) is 4.72 Å². The average Bonchev–Trinajstić information content (AvgIpc) is 2.59. The van der Waals surface area contributed by atoms with Crippen LogP contribution in [-0.4, -0.2) is 26.5 Å². The fourth-order valence-electron chi connectivity index (χ4n) is 4.07. The molecule has 0 amide bonds. The third-order valence-electron chi connectivity index (χ3n) is 5.77. The van der Waals surface area contributed by atoms with Crippen molar-refractivity contribution in [2.75, 3.05) is 12.3 Å².